The first kappa shape index (κ1) is 13.6. The normalized spacial score (nSPS) is 12.2. The van der Waals surface area contributed by atoms with Crippen molar-refractivity contribution in [2.75, 3.05) is 13.2 Å². The van der Waals surface area contributed by atoms with E-state index in [9.17, 15) is 4.79 Å². The highest BCUT2D eigenvalue weighted by molar-refractivity contribution is 5.94. The van der Waals surface area contributed by atoms with Gasteiger partial charge in [0.05, 0.1) is 12.3 Å². The Balaban J connectivity index is 2.56. The summed E-state index contributed by atoms with van der Waals surface area (Å²) in [5, 5.41) is 2.85. The molecule has 0 aliphatic carbocycles. The summed E-state index contributed by atoms with van der Waals surface area (Å²) in [7, 11) is 0. The maximum absolute atomic E-state index is 11.9. The number of hydrogen-bond donors (Lipinski definition) is 2. The highest BCUT2D eigenvalue weighted by Crippen LogP contribution is 2.01. The SMILES string of the molecule is CCOCC(C)NC(=O)c1ccnc(CN)c1. The van der Waals surface area contributed by atoms with Gasteiger partial charge in [-0.1, -0.05) is 0 Å². The van der Waals surface area contributed by atoms with E-state index in [1.165, 1.54) is 0 Å². The van der Waals surface area contributed by atoms with Crippen molar-refractivity contribution < 1.29 is 9.53 Å². The average molecular weight is 237 g/mol. The number of ether oxygens (including phenoxy) is 1. The number of pyridine rings is 1. The fraction of sp³-hybridized carbons (Fsp3) is 0.500. The smallest absolute Gasteiger partial charge is 0.251 e. The van der Waals surface area contributed by atoms with Gasteiger partial charge in [0.15, 0.2) is 0 Å². The Kier molecular flexibility index (Phi) is 5.59. The van der Waals surface area contributed by atoms with Crippen LogP contribution in [0.2, 0.25) is 0 Å². The van der Waals surface area contributed by atoms with Crippen LogP contribution in [-0.4, -0.2) is 30.1 Å². The molecular weight excluding hydrogens is 218 g/mol. The summed E-state index contributed by atoms with van der Waals surface area (Å²) in [6.45, 7) is 5.31. The number of hydrogen-bond acceptors (Lipinski definition) is 4. The molecule has 1 unspecified atom stereocenters. The molecule has 1 heterocycles. The predicted octanol–water partition coefficient (Wildman–Crippen LogP) is 0.695. The Hall–Kier alpha value is -1.46. The third-order valence-electron chi connectivity index (χ3n) is 2.24. The zero-order valence-electron chi connectivity index (χ0n) is 10.3. The number of nitrogens with zero attached hydrogens (tertiary/aromatic N) is 1. The van der Waals surface area contributed by atoms with Crippen LogP contribution in [0.15, 0.2) is 18.3 Å². The van der Waals surface area contributed by atoms with Gasteiger partial charge < -0.3 is 15.8 Å². The second kappa shape index (κ2) is 6.98. The zero-order valence-corrected chi connectivity index (χ0v) is 10.3. The van der Waals surface area contributed by atoms with Crippen molar-refractivity contribution in [2.45, 2.75) is 26.4 Å². The van der Waals surface area contributed by atoms with E-state index in [1.54, 1.807) is 18.3 Å². The summed E-state index contributed by atoms with van der Waals surface area (Å²) in [6, 6.07) is 3.35. The maximum Gasteiger partial charge on any atom is 0.251 e. The topological polar surface area (TPSA) is 77.2 Å². The van der Waals surface area contributed by atoms with E-state index in [0.717, 1.165) is 0 Å². The molecule has 0 aliphatic rings. The molecule has 0 saturated carbocycles. The Bertz CT molecular complexity index is 369. The first-order chi connectivity index (χ1) is 8.17. The quantitative estimate of drug-likeness (QED) is 0.763. The molecular formula is C12H19N3O2. The van der Waals surface area contributed by atoms with Crippen molar-refractivity contribution in [2.24, 2.45) is 5.73 Å². The van der Waals surface area contributed by atoms with Crippen LogP contribution in [0.1, 0.15) is 29.9 Å². The van der Waals surface area contributed by atoms with Gasteiger partial charge >= 0.3 is 0 Å². The van der Waals surface area contributed by atoms with Gasteiger partial charge in [-0.3, -0.25) is 9.78 Å². The molecule has 0 aliphatic heterocycles. The molecule has 17 heavy (non-hydrogen) atoms. The number of carbonyl (C=O) groups is 1. The minimum Gasteiger partial charge on any atom is -0.380 e. The number of nitrogens with one attached hydrogen (secondary N) is 1. The minimum atomic E-state index is -0.130. The molecule has 5 nitrogen and oxygen atoms in total. The average Bonchev–Trinajstić information content (AvgIpc) is 2.36. The summed E-state index contributed by atoms with van der Waals surface area (Å²) in [6.07, 6.45) is 1.59. The van der Waals surface area contributed by atoms with Crippen LogP contribution in [0.3, 0.4) is 0 Å². The first-order valence-corrected chi connectivity index (χ1v) is 5.71. The molecule has 0 radical (unpaired) electrons. The summed E-state index contributed by atoms with van der Waals surface area (Å²) in [5.41, 5.74) is 6.75. The number of nitrogens with two attached hydrogens (primary N) is 1. The number of amides is 1. The van der Waals surface area contributed by atoms with Crippen molar-refractivity contribution in [1.29, 1.82) is 0 Å². The lowest BCUT2D eigenvalue weighted by molar-refractivity contribution is 0.0872. The molecule has 1 rings (SSSR count). The van der Waals surface area contributed by atoms with E-state index in [0.29, 0.717) is 31.0 Å². The Morgan fingerprint density at radius 2 is 2.41 bits per heavy atom. The molecule has 0 fully saturated rings. The highest BCUT2D eigenvalue weighted by atomic mass is 16.5. The fourth-order valence-electron chi connectivity index (χ4n) is 1.37. The van der Waals surface area contributed by atoms with Gasteiger partial charge in [-0.15, -0.1) is 0 Å². The van der Waals surface area contributed by atoms with Gasteiger partial charge in [0.2, 0.25) is 0 Å². The standard InChI is InChI=1S/C12H19N3O2/c1-3-17-8-9(2)15-12(16)10-4-5-14-11(6-10)7-13/h4-6,9H,3,7-8,13H2,1-2H3,(H,15,16). The van der Waals surface area contributed by atoms with Gasteiger partial charge in [-0.05, 0) is 26.0 Å². The predicted molar refractivity (Wildman–Crippen MR) is 65.5 cm³/mol. The molecule has 5 heteroatoms. The third kappa shape index (κ3) is 4.50. The molecule has 0 aromatic carbocycles. The molecule has 0 bridgehead atoms. The summed E-state index contributed by atoms with van der Waals surface area (Å²) >= 11 is 0. The second-order valence-corrected chi connectivity index (χ2v) is 3.77. The van der Waals surface area contributed by atoms with E-state index < -0.39 is 0 Å². The van der Waals surface area contributed by atoms with Crippen LogP contribution in [0.5, 0.6) is 0 Å². The number of rotatable bonds is 6. The van der Waals surface area contributed by atoms with E-state index in [4.69, 9.17) is 10.5 Å². The lowest BCUT2D eigenvalue weighted by atomic mass is 10.2. The van der Waals surface area contributed by atoms with E-state index in [-0.39, 0.29) is 11.9 Å². The van der Waals surface area contributed by atoms with E-state index in [1.807, 2.05) is 13.8 Å². The van der Waals surface area contributed by atoms with Crippen LogP contribution in [-0.2, 0) is 11.3 Å². The molecule has 94 valence electrons. The summed E-state index contributed by atoms with van der Waals surface area (Å²) < 4.78 is 5.23. The maximum atomic E-state index is 11.9. The highest BCUT2D eigenvalue weighted by Gasteiger charge is 2.10. The third-order valence-corrected chi connectivity index (χ3v) is 2.24. The zero-order chi connectivity index (χ0) is 12.7. The van der Waals surface area contributed by atoms with Crippen molar-refractivity contribution >= 4 is 5.91 Å². The van der Waals surface area contributed by atoms with E-state index >= 15 is 0 Å². The minimum absolute atomic E-state index is 0.0167. The lowest BCUT2D eigenvalue weighted by Gasteiger charge is -2.13. The van der Waals surface area contributed by atoms with Gasteiger partial charge in [-0.25, -0.2) is 0 Å². The second-order valence-electron chi connectivity index (χ2n) is 3.77. The molecule has 3 N–H and O–H groups in total. The monoisotopic (exact) mass is 237 g/mol. The van der Waals surface area contributed by atoms with Crippen LogP contribution in [0.4, 0.5) is 0 Å². The van der Waals surface area contributed by atoms with E-state index in [2.05, 4.69) is 10.3 Å². The molecule has 0 spiro atoms. The fourth-order valence-corrected chi connectivity index (χ4v) is 1.37. The van der Waals surface area contributed by atoms with Crippen LogP contribution < -0.4 is 11.1 Å². The molecule has 0 saturated heterocycles. The van der Waals surface area contributed by atoms with Crippen molar-refractivity contribution in [3.63, 3.8) is 0 Å². The van der Waals surface area contributed by atoms with Crippen molar-refractivity contribution in [3.05, 3.63) is 29.6 Å². The van der Waals surface area contributed by atoms with Gasteiger partial charge in [0, 0.05) is 31.0 Å². The summed E-state index contributed by atoms with van der Waals surface area (Å²) in [5.74, 6) is -0.130. The van der Waals surface area contributed by atoms with Crippen molar-refractivity contribution in [3.8, 4) is 0 Å². The summed E-state index contributed by atoms with van der Waals surface area (Å²) in [4.78, 5) is 15.9. The largest absolute Gasteiger partial charge is 0.380 e. The number of aromatic nitrogens is 1. The van der Waals surface area contributed by atoms with Gasteiger partial charge in [0.25, 0.3) is 5.91 Å². The molecule has 1 atom stereocenters. The first-order valence-electron chi connectivity index (χ1n) is 5.71. The number of carbonyl (C=O) groups excluding carboxylic acids is 1. The lowest BCUT2D eigenvalue weighted by Crippen LogP contribution is -2.36. The molecule has 1 aromatic heterocycles. The molecule has 1 amide bonds. The Morgan fingerprint density at radius 1 is 1.65 bits per heavy atom. The van der Waals surface area contributed by atoms with Crippen LogP contribution in [0, 0.1) is 0 Å². The van der Waals surface area contributed by atoms with Gasteiger partial charge in [-0.2, -0.15) is 0 Å². The van der Waals surface area contributed by atoms with Crippen LogP contribution >= 0.6 is 0 Å². The Labute approximate surface area is 101 Å². The van der Waals surface area contributed by atoms with Gasteiger partial charge in [0.1, 0.15) is 0 Å². The van der Waals surface area contributed by atoms with Crippen LogP contribution in [0.25, 0.3) is 0 Å². The Morgan fingerprint density at radius 3 is 3.06 bits per heavy atom. The molecule has 1 aromatic rings. The van der Waals surface area contributed by atoms with Crippen molar-refractivity contribution in [1.82, 2.24) is 10.3 Å².